The van der Waals surface area contributed by atoms with Crippen molar-refractivity contribution in [2.24, 2.45) is 0 Å². The van der Waals surface area contributed by atoms with Crippen molar-refractivity contribution in [3.05, 3.63) is 0 Å². The molecule has 0 radical (unpaired) electrons. The van der Waals surface area contributed by atoms with E-state index in [0.717, 1.165) is 0 Å². The Labute approximate surface area is 103 Å². The van der Waals surface area contributed by atoms with E-state index in [9.17, 15) is 13.2 Å². The van der Waals surface area contributed by atoms with Crippen LogP contribution in [0.5, 0.6) is 0 Å². The van der Waals surface area contributed by atoms with Gasteiger partial charge >= 0.3 is 5.97 Å². The van der Waals surface area contributed by atoms with Gasteiger partial charge in [0.2, 0.25) is 10.0 Å². The Balaban J connectivity index is 4.86. The van der Waals surface area contributed by atoms with Crippen LogP contribution in [-0.4, -0.2) is 55.4 Å². The third-order valence-corrected chi connectivity index (χ3v) is 4.24. The fraction of sp³-hybridized carbons (Fsp3) is 0.900. The Morgan fingerprint density at radius 1 is 1.35 bits per heavy atom. The second-order valence-electron chi connectivity index (χ2n) is 4.70. The van der Waals surface area contributed by atoms with Crippen LogP contribution in [0.15, 0.2) is 0 Å². The number of hydrogen-bond acceptors (Lipinski definition) is 4. The number of carboxylic acid groups (broad SMARTS) is 1. The molecule has 6 nitrogen and oxygen atoms in total. The summed E-state index contributed by atoms with van der Waals surface area (Å²) in [4.78, 5) is 10.5. The highest BCUT2D eigenvalue weighted by atomic mass is 32.2. The van der Waals surface area contributed by atoms with E-state index in [4.69, 9.17) is 9.84 Å². The number of nitrogens with zero attached hydrogens (tertiary/aromatic N) is 1. The molecular formula is C10H21NO5S. The highest BCUT2D eigenvalue weighted by molar-refractivity contribution is 7.89. The van der Waals surface area contributed by atoms with E-state index in [-0.39, 0.29) is 25.3 Å². The van der Waals surface area contributed by atoms with Crippen LogP contribution in [0.4, 0.5) is 0 Å². The van der Waals surface area contributed by atoms with Gasteiger partial charge in [-0.1, -0.05) is 0 Å². The fourth-order valence-electron chi connectivity index (χ4n) is 1.39. The van der Waals surface area contributed by atoms with Crippen LogP contribution in [0.25, 0.3) is 0 Å². The summed E-state index contributed by atoms with van der Waals surface area (Å²) in [6, 6.07) is 0. The lowest BCUT2D eigenvalue weighted by molar-refractivity contribution is -0.137. The summed E-state index contributed by atoms with van der Waals surface area (Å²) in [5.74, 6) is -1.15. The minimum Gasteiger partial charge on any atom is -0.481 e. The molecule has 0 rings (SSSR count). The quantitative estimate of drug-likeness (QED) is 0.727. The molecule has 0 aliphatic carbocycles. The maximum Gasteiger partial charge on any atom is 0.304 e. The van der Waals surface area contributed by atoms with E-state index in [1.165, 1.54) is 11.4 Å². The number of ether oxygens (including phenoxy) is 1. The standard InChI is InChI=1S/C10H21NO5S/c1-10(2,3)11(6-5-9(12)13)17(14,15)8-7-16-4/h5-8H2,1-4H3,(H,12,13). The third-order valence-electron chi connectivity index (χ3n) is 2.16. The lowest BCUT2D eigenvalue weighted by atomic mass is 10.1. The average Bonchev–Trinajstić information content (AvgIpc) is 2.11. The molecule has 0 amide bonds. The molecule has 0 aliphatic rings. The van der Waals surface area contributed by atoms with Gasteiger partial charge in [0.25, 0.3) is 0 Å². The molecule has 0 saturated carbocycles. The van der Waals surface area contributed by atoms with Gasteiger partial charge in [0, 0.05) is 19.2 Å². The SMILES string of the molecule is COCCS(=O)(=O)N(CCC(=O)O)C(C)(C)C. The predicted octanol–water partition coefficient (Wildman–Crippen LogP) is 0.538. The molecule has 0 aromatic heterocycles. The summed E-state index contributed by atoms with van der Waals surface area (Å²) in [7, 11) is -2.07. The van der Waals surface area contributed by atoms with E-state index in [0.29, 0.717) is 0 Å². The summed E-state index contributed by atoms with van der Waals surface area (Å²) in [5.41, 5.74) is -0.637. The molecule has 102 valence electrons. The van der Waals surface area contributed by atoms with Gasteiger partial charge in [0.15, 0.2) is 0 Å². The molecule has 0 aromatic rings. The summed E-state index contributed by atoms with van der Waals surface area (Å²) < 4.78 is 30.0. The molecule has 0 aromatic carbocycles. The van der Waals surface area contributed by atoms with Gasteiger partial charge in [-0.15, -0.1) is 0 Å². The van der Waals surface area contributed by atoms with Gasteiger partial charge in [-0.3, -0.25) is 4.79 Å². The van der Waals surface area contributed by atoms with Gasteiger partial charge in [-0.05, 0) is 20.8 Å². The minimum atomic E-state index is -3.49. The first-order valence-electron chi connectivity index (χ1n) is 5.32. The normalized spacial score (nSPS) is 13.0. The molecule has 0 unspecified atom stereocenters. The molecule has 7 heteroatoms. The Morgan fingerprint density at radius 3 is 2.24 bits per heavy atom. The van der Waals surface area contributed by atoms with Crippen molar-refractivity contribution in [2.75, 3.05) is 26.0 Å². The highest BCUT2D eigenvalue weighted by Crippen LogP contribution is 2.19. The molecule has 17 heavy (non-hydrogen) atoms. The van der Waals surface area contributed by atoms with Crippen LogP contribution in [-0.2, 0) is 19.6 Å². The Kier molecular flexibility index (Phi) is 6.08. The van der Waals surface area contributed by atoms with E-state index < -0.39 is 21.5 Å². The van der Waals surface area contributed by atoms with Crippen LogP contribution in [0.2, 0.25) is 0 Å². The van der Waals surface area contributed by atoms with E-state index in [1.54, 1.807) is 20.8 Å². The Bertz CT molecular complexity index is 344. The van der Waals surface area contributed by atoms with Crippen LogP contribution < -0.4 is 0 Å². The van der Waals surface area contributed by atoms with Crippen LogP contribution >= 0.6 is 0 Å². The van der Waals surface area contributed by atoms with Crippen molar-refractivity contribution < 1.29 is 23.1 Å². The smallest absolute Gasteiger partial charge is 0.304 e. The van der Waals surface area contributed by atoms with Gasteiger partial charge in [-0.25, -0.2) is 8.42 Å². The first-order chi connectivity index (χ1) is 7.61. The van der Waals surface area contributed by atoms with Gasteiger partial charge in [-0.2, -0.15) is 4.31 Å². The number of hydrogen-bond donors (Lipinski definition) is 1. The van der Waals surface area contributed by atoms with Crippen LogP contribution in [0.1, 0.15) is 27.2 Å². The second kappa shape index (κ2) is 6.32. The number of rotatable bonds is 7. The van der Waals surface area contributed by atoms with Gasteiger partial charge < -0.3 is 9.84 Å². The van der Waals surface area contributed by atoms with Crippen molar-refractivity contribution in [3.8, 4) is 0 Å². The maximum absolute atomic E-state index is 12.0. The molecule has 0 saturated heterocycles. The monoisotopic (exact) mass is 267 g/mol. The lowest BCUT2D eigenvalue weighted by Crippen LogP contribution is -2.48. The fourth-order valence-corrected chi connectivity index (χ4v) is 3.19. The molecule has 0 spiro atoms. The minimum absolute atomic E-state index is 0.0229. The topological polar surface area (TPSA) is 83.9 Å². The highest BCUT2D eigenvalue weighted by Gasteiger charge is 2.32. The summed E-state index contributed by atoms with van der Waals surface area (Å²) in [6.45, 7) is 5.28. The molecule has 0 heterocycles. The number of sulfonamides is 1. The Hall–Kier alpha value is -0.660. The first kappa shape index (κ1) is 16.3. The number of carboxylic acids is 1. The van der Waals surface area contributed by atoms with Crippen molar-refractivity contribution >= 4 is 16.0 Å². The van der Waals surface area contributed by atoms with Crippen molar-refractivity contribution in [1.82, 2.24) is 4.31 Å². The summed E-state index contributed by atoms with van der Waals surface area (Å²) in [6.07, 6.45) is -0.205. The Morgan fingerprint density at radius 2 is 1.88 bits per heavy atom. The second-order valence-corrected chi connectivity index (χ2v) is 6.71. The van der Waals surface area contributed by atoms with Gasteiger partial charge in [0.05, 0.1) is 18.8 Å². The van der Waals surface area contributed by atoms with E-state index >= 15 is 0 Å². The number of methoxy groups -OCH3 is 1. The number of aliphatic carboxylic acids is 1. The molecule has 0 bridgehead atoms. The number of carbonyl (C=O) groups is 1. The van der Waals surface area contributed by atoms with Crippen LogP contribution in [0.3, 0.4) is 0 Å². The molecule has 0 aliphatic heterocycles. The summed E-state index contributed by atoms with van der Waals surface area (Å²) >= 11 is 0. The largest absolute Gasteiger partial charge is 0.481 e. The zero-order valence-corrected chi connectivity index (χ0v) is 11.6. The first-order valence-corrected chi connectivity index (χ1v) is 6.93. The average molecular weight is 267 g/mol. The van der Waals surface area contributed by atoms with E-state index in [2.05, 4.69) is 0 Å². The lowest BCUT2D eigenvalue weighted by Gasteiger charge is -2.34. The molecule has 0 fully saturated rings. The summed E-state index contributed by atoms with van der Waals surface area (Å²) in [5, 5.41) is 8.62. The van der Waals surface area contributed by atoms with E-state index in [1.807, 2.05) is 0 Å². The van der Waals surface area contributed by atoms with Gasteiger partial charge in [0.1, 0.15) is 0 Å². The molecule has 1 N–H and O–H groups in total. The van der Waals surface area contributed by atoms with Crippen molar-refractivity contribution in [1.29, 1.82) is 0 Å². The molecule has 0 atom stereocenters. The predicted molar refractivity (Wildman–Crippen MR) is 64.4 cm³/mol. The maximum atomic E-state index is 12.0. The third kappa shape index (κ3) is 5.99. The molecular weight excluding hydrogens is 246 g/mol. The zero-order valence-electron chi connectivity index (χ0n) is 10.8. The van der Waals surface area contributed by atoms with Crippen molar-refractivity contribution in [3.63, 3.8) is 0 Å². The zero-order chi connectivity index (χ0) is 13.7. The van der Waals surface area contributed by atoms with Crippen LogP contribution in [0, 0.1) is 0 Å². The van der Waals surface area contributed by atoms with Crippen molar-refractivity contribution in [2.45, 2.75) is 32.7 Å².